The Morgan fingerprint density at radius 2 is 2.25 bits per heavy atom. The first-order chi connectivity index (χ1) is 9.67. The third-order valence-corrected chi connectivity index (χ3v) is 4.43. The molecule has 2 heterocycles. The molecule has 20 heavy (non-hydrogen) atoms. The Morgan fingerprint density at radius 3 is 2.95 bits per heavy atom. The van der Waals surface area contributed by atoms with E-state index in [1.165, 1.54) is 11.3 Å². The SMILES string of the molecule is CNC(c1ccc2c(c1)NC(=O)CO2)c1ccc(Cl)s1. The quantitative estimate of drug-likeness (QED) is 0.916. The second-order valence-corrected chi connectivity index (χ2v) is 6.20. The molecule has 1 aliphatic rings. The molecule has 2 aromatic rings. The van der Waals surface area contributed by atoms with Crippen molar-refractivity contribution in [2.75, 3.05) is 19.0 Å². The fraction of sp³-hybridized carbons (Fsp3) is 0.214. The van der Waals surface area contributed by atoms with Crippen molar-refractivity contribution in [2.24, 2.45) is 0 Å². The van der Waals surface area contributed by atoms with Crippen molar-refractivity contribution in [3.05, 3.63) is 45.1 Å². The molecule has 0 saturated heterocycles. The average Bonchev–Trinajstić information content (AvgIpc) is 2.85. The predicted octanol–water partition coefficient (Wildman–Crippen LogP) is 3.04. The van der Waals surface area contributed by atoms with E-state index in [2.05, 4.69) is 10.6 Å². The molecule has 0 saturated carbocycles. The molecule has 1 aromatic heterocycles. The van der Waals surface area contributed by atoms with Crippen LogP contribution in [0.5, 0.6) is 5.75 Å². The number of ether oxygens (including phenoxy) is 1. The van der Waals surface area contributed by atoms with Gasteiger partial charge in [-0.3, -0.25) is 4.79 Å². The van der Waals surface area contributed by atoms with E-state index in [0.29, 0.717) is 11.4 Å². The molecule has 6 heteroatoms. The van der Waals surface area contributed by atoms with Crippen molar-refractivity contribution in [3.63, 3.8) is 0 Å². The minimum Gasteiger partial charge on any atom is -0.482 e. The predicted molar refractivity (Wildman–Crippen MR) is 80.8 cm³/mol. The van der Waals surface area contributed by atoms with E-state index in [0.717, 1.165) is 14.8 Å². The number of benzene rings is 1. The first-order valence-electron chi connectivity index (χ1n) is 6.16. The van der Waals surface area contributed by atoms with Gasteiger partial charge < -0.3 is 15.4 Å². The Kier molecular flexibility index (Phi) is 3.65. The van der Waals surface area contributed by atoms with E-state index in [9.17, 15) is 4.79 Å². The maximum atomic E-state index is 11.4. The summed E-state index contributed by atoms with van der Waals surface area (Å²) >= 11 is 7.53. The molecule has 0 bridgehead atoms. The van der Waals surface area contributed by atoms with Crippen LogP contribution in [0.4, 0.5) is 5.69 Å². The van der Waals surface area contributed by atoms with Crippen LogP contribution in [0.3, 0.4) is 0 Å². The van der Waals surface area contributed by atoms with Gasteiger partial charge in [-0.15, -0.1) is 11.3 Å². The monoisotopic (exact) mass is 308 g/mol. The Balaban J connectivity index is 1.96. The van der Waals surface area contributed by atoms with Crippen LogP contribution in [0.2, 0.25) is 4.34 Å². The Bertz CT molecular complexity index is 656. The highest BCUT2D eigenvalue weighted by molar-refractivity contribution is 7.16. The van der Waals surface area contributed by atoms with Gasteiger partial charge in [-0.05, 0) is 36.9 Å². The van der Waals surface area contributed by atoms with Crippen LogP contribution in [0.1, 0.15) is 16.5 Å². The van der Waals surface area contributed by atoms with E-state index < -0.39 is 0 Å². The molecule has 0 radical (unpaired) electrons. The molecule has 1 aliphatic heterocycles. The molecule has 4 nitrogen and oxygen atoms in total. The smallest absolute Gasteiger partial charge is 0.262 e. The highest BCUT2D eigenvalue weighted by Crippen LogP contribution is 2.35. The molecule has 1 aromatic carbocycles. The largest absolute Gasteiger partial charge is 0.482 e. The number of hydrogen-bond acceptors (Lipinski definition) is 4. The summed E-state index contributed by atoms with van der Waals surface area (Å²) in [6.07, 6.45) is 0. The summed E-state index contributed by atoms with van der Waals surface area (Å²) in [6.45, 7) is 0.0718. The Hall–Kier alpha value is -1.56. The number of thiophene rings is 1. The van der Waals surface area contributed by atoms with Crippen molar-refractivity contribution in [1.29, 1.82) is 0 Å². The van der Waals surface area contributed by atoms with E-state index in [4.69, 9.17) is 16.3 Å². The lowest BCUT2D eigenvalue weighted by Crippen LogP contribution is -2.26. The van der Waals surface area contributed by atoms with Crippen molar-refractivity contribution in [3.8, 4) is 5.75 Å². The first-order valence-corrected chi connectivity index (χ1v) is 7.36. The summed E-state index contributed by atoms with van der Waals surface area (Å²) in [5.74, 6) is 0.572. The minimum atomic E-state index is -0.130. The number of nitrogens with one attached hydrogen (secondary N) is 2. The fourth-order valence-electron chi connectivity index (χ4n) is 2.24. The third-order valence-electron chi connectivity index (χ3n) is 3.14. The molecule has 3 rings (SSSR count). The maximum absolute atomic E-state index is 11.4. The van der Waals surface area contributed by atoms with Crippen LogP contribution in [0, 0.1) is 0 Å². The number of halogens is 1. The fourth-order valence-corrected chi connectivity index (χ4v) is 3.44. The van der Waals surface area contributed by atoms with Crippen LogP contribution in [-0.2, 0) is 4.79 Å². The van der Waals surface area contributed by atoms with E-state index >= 15 is 0 Å². The summed E-state index contributed by atoms with van der Waals surface area (Å²) < 4.78 is 6.12. The highest BCUT2D eigenvalue weighted by Gasteiger charge is 2.20. The minimum absolute atomic E-state index is 0.0385. The Labute approximate surface area is 125 Å². The lowest BCUT2D eigenvalue weighted by atomic mass is 10.0. The molecule has 1 atom stereocenters. The van der Waals surface area contributed by atoms with Gasteiger partial charge in [-0.1, -0.05) is 17.7 Å². The number of fused-ring (bicyclic) bond motifs is 1. The van der Waals surface area contributed by atoms with Crippen molar-refractivity contribution in [1.82, 2.24) is 5.32 Å². The highest BCUT2D eigenvalue weighted by atomic mass is 35.5. The van der Waals surface area contributed by atoms with Crippen LogP contribution in [-0.4, -0.2) is 19.6 Å². The summed E-state index contributed by atoms with van der Waals surface area (Å²) in [5, 5.41) is 6.09. The number of carbonyl (C=O) groups is 1. The molecule has 0 spiro atoms. The maximum Gasteiger partial charge on any atom is 0.262 e. The zero-order valence-electron chi connectivity index (χ0n) is 10.8. The van der Waals surface area contributed by atoms with Crippen molar-refractivity contribution >= 4 is 34.5 Å². The van der Waals surface area contributed by atoms with Crippen LogP contribution in [0.15, 0.2) is 30.3 Å². The van der Waals surface area contributed by atoms with E-state index in [1.54, 1.807) is 0 Å². The molecule has 1 unspecified atom stereocenters. The summed E-state index contributed by atoms with van der Waals surface area (Å²) in [6, 6.07) is 9.73. The van der Waals surface area contributed by atoms with Crippen molar-refractivity contribution in [2.45, 2.75) is 6.04 Å². The zero-order valence-corrected chi connectivity index (χ0v) is 12.3. The average molecular weight is 309 g/mol. The number of anilines is 1. The second kappa shape index (κ2) is 5.44. The topological polar surface area (TPSA) is 50.4 Å². The molecule has 2 N–H and O–H groups in total. The van der Waals surface area contributed by atoms with Gasteiger partial charge in [0.2, 0.25) is 0 Å². The van der Waals surface area contributed by atoms with Gasteiger partial charge in [-0.25, -0.2) is 0 Å². The van der Waals surface area contributed by atoms with Gasteiger partial charge >= 0.3 is 0 Å². The lowest BCUT2D eigenvalue weighted by molar-refractivity contribution is -0.118. The van der Waals surface area contributed by atoms with Crippen molar-refractivity contribution < 1.29 is 9.53 Å². The third kappa shape index (κ3) is 2.52. The molecular weight excluding hydrogens is 296 g/mol. The number of amides is 1. The van der Waals surface area contributed by atoms with E-state index in [-0.39, 0.29) is 18.6 Å². The summed E-state index contributed by atoms with van der Waals surface area (Å²) in [5.41, 5.74) is 1.76. The molecule has 0 aliphatic carbocycles. The standard InChI is InChI=1S/C14H13ClN2O2S/c1-16-14(11-4-5-12(15)20-11)8-2-3-10-9(6-8)17-13(18)7-19-10/h2-6,14,16H,7H2,1H3,(H,17,18). The molecular formula is C14H13ClN2O2S. The van der Waals surface area contributed by atoms with Gasteiger partial charge in [0.05, 0.1) is 16.1 Å². The second-order valence-electron chi connectivity index (χ2n) is 4.46. The summed E-state index contributed by atoms with van der Waals surface area (Å²) in [4.78, 5) is 12.5. The van der Waals surface area contributed by atoms with Crippen LogP contribution >= 0.6 is 22.9 Å². The molecule has 0 fully saturated rings. The normalized spacial score (nSPS) is 15.2. The van der Waals surface area contributed by atoms with Crippen LogP contribution in [0.25, 0.3) is 0 Å². The Morgan fingerprint density at radius 1 is 1.40 bits per heavy atom. The number of rotatable bonds is 3. The molecule has 1 amide bonds. The van der Waals surface area contributed by atoms with Gasteiger partial charge in [0.1, 0.15) is 5.75 Å². The van der Waals surface area contributed by atoms with Gasteiger partial charge in [0.15, 0.2) is 6.61 Å². The molecule has 104 valence electrons. The van der Waals surface area contributed by atoms with Gasteiger partial charge in [0, 0.05) is 4.88 Å². The van der Waals surface area contributed by atoms with Crippen LogP contribution < -0.4 is 15.4 Å². The lowest BCUT2D eigenvalue weighted by Gasteiger charge is -2.21. The van der Waals surface area contributed by atoms with Gasteiger partial charge in [0.25, 0.3) is 5.91 Å². The summed E-state index contributed by atoms with van der Waals surface area (Å²) in [7, 11) is 1.90. The van der Waals surface area contributed by atoms with E-state index in [1.807, 2.05) is 37.4 Å². The zero-order chi connectivity index (χ0) is 14.1. The number of hydrogen-bond donors (Lipinski definition) is 2. The number of carbonyl (C=O) groups excluding carboxylic acids is 1. The van der Waals surface area contributed by atoms with Gasteiger partial charge in [-0.2, -0.15) is 0 Å². The first kappa shape index (κ1) is 13.4.